The highest BCUT2D eigenvalue weighted by molar-refractivity contribution is 6.30. The third kappa shape index (κ3) is 8.59. The van der Waals surface area contributed by atoms with Crippen LogP contribution in [0.5, 0.6) is 5.75 Å². The summed E-state index contributed by atoms with van der Waals surface area (Å²) in [6.07, 6.45) is -0.167. The molecule has 1 fully saturated rings. The summed E-state index contributed by atoms with van der Waals surface area (Å²) in [6, 6.07) is 23.5. The number of hydrogen-bond donors (Lipinski definition) is 2. The smallest absolute Gasteiger partial charge is 0.147 e. The van der Waals surface area contributed by atoms with E-state index in [2.05, 4.69) is 57.6 Å². The van der Waals surface area contributed by atoms with Gasteiger partial charge in [0.05, 0.1) is 11.1 Å². The monoisotopic (exact) mass is 547 g/mol. The van der Waals surface area contributed by atoms with Gasteiger partial charge in [-0.2, -0.15) is 0 Å². The highest BCUT2D eigenvalue weighted by Crippen LogP contribution is 2.23. The van der Waals surface area contributed by atoms with Crippen LogP contribution in [0.15, 0.2) is 72.8 Å². The van der Waals surface area contributed by atoms with Crippen molar-refractivity contribution in [2.24, 2.45) is 0 Å². The van der Waals surface area contributed by atoms with E-state index in [1.54, 1.807) is 12.1 Å². The zero-order chi connectivity index (χ0) is 25.3. The topological polar surface area (TPSA) is 48.0 Å². The second kappa shape index (κ2) is 14.6. The summed E-state index contributed by atoms with van der Waals surface area (Å²) >= 11 is 5.82. The van der Waals surface area contributed by atoms with Gasteiger partial charge in [0.1, 0.15) is 18.2 Å². The maximum Gasteiger partial charge on any atom is 0.147 e. The van der Waals surface area contributed by atoms with E-state index in [9.17, 15) is 9.50 Å². The van der Waals surface area contributed by atoms with Gasteiger partial charge in [-0.25, -0.2) is 4.39 Å². The summed E-state index contributed by atoms with van der Waals surface area (Å²) in [5.41, 5.74) is 2.67. The number of ether oxygens (including phenoxy) is 1. The molecule has 0 bridgehead atoms. The fourth-order valence-electron chi connectivity index (χ4n) is 4.51. The van der Waals surface area contributed by atoms with Gasteiger partial charge in [-0.3, -0.25) is 4.90 Å². The maximum absolute atomic E-state index is 14.1. The number of benzene rings is 3. The number of hydrogen-bond acceptors (Lipinski definition) is 5. The number of aliphatic hydroxyl groups is 1. The molecule has 0 saturated carbocycles. The van der Waals surface area contributed by atoms with Gasteiger partial charge in [-0.05, 0) is 49.2 Å². The van der Waals surface area contributed by atoms with Crippen LogP contribution in [0.2, 0.25) is 5.02 Å². The molecule has 0 radical (unpaired) electrons. The summed E-state index contributed by atoms with van der Waals surface area (Å²) in [5, 5.41) is 13.6. The normalized spacial score (nSPS) is 15.6. The summed E-state index contributed by atoms with van der Waals surface area (Å²) in [4.78, 5) is 4.88. The highest BCUT2D eigenvalue weighted by Gasteiger charge is 2.17. The van der Waals surface area contributed by atoms with Crippen LogP contribution < -0.4 is 15.0 Å². The molecule has 4 rings (SSSR count). The molecule has 0 aromatic heterocycles. The standard InChI is InChI=1S/C29H35ClFN3O2.ClH/c1-22(32-21-28(35)26-8-5-9-27(30)29(26)31)20-23-10-12-25(13-11-23)36-19-18-33-14-16-34(17-15-33)24-6-3-2-4-7-24;/h2-13,22,28,32,35H,14-21H2,1H3;1H. The molecular weight excluding hydrogens is 512 g/mol. The number of nitrogens with one attached hydrogen (secondary N) is 1. The maximum atomic E-state index is 14.1. The van der Waals surface area contributed by atoms with Crippen molar-refractivity contribution < 1.29 is 14.2 Å². The zero-order valence-corrected chi connectivity index (χ0v) is 22.7. The Labute approximate surface area is 230 Å². The van der Waals surface area contributed by atoms with Crippen molar-refractivity contribution >= 4 is 29.7 Å². The van der Waals surface area contributed by atoms with Crippen LogP contribution in [0, 0.1) is 5.82 Å². The van der Waals surface area contributed by atoms with Crippen LogP contribution in [-0.2, 0) is 6.42 Å². The zero-order valence-electron chi connectivity index (χ0n) is 21.2. The van der Waals surface area contributed by atoms with Gasteiger partial charge in [-0.1, -0.05) is 54.1 Å². The minimum atomic E-state index is -0.955. The van der Waals surface area contributed by atoms with Crippen LogP contribution in [-0.4, -0.2) is 61.9 Å². The first-order valence-electron chi connectivity index (χ1n) is 12.6. The molecule has 1 aliphatic heterocycles. The molecule has 2 atom stereocenters. The Kier molecular flexibility index (Phi) is 11.5. The molecule has 1 heterocycles. The SMILES string of the molecule is CC(Cc1ccc(OCCN2CCN(c3ccccc3)CC2)cc1)NCC(O)c1cccc(Cl)c1F.Cl. The second-order valence-corrected chi connectivity index (χ2v) is 9.74. The molecule has 1 saturated heterocycles. The lowest BCUT2D eigenvalue weighted by Gasteiger charge is -2.36. The number of para-hydroxylation sites is 1. The number of anilines is 1. The third-order valence-corrected chi connectivity index (χ3v) is 6.93. The van der Waals surface area contributed by atoms with Crippen LogP contribution in [0.25, 0.3) is 0 Å². The summed E-state index contributed by atoms with van der Waals surface area (Å²) < 4.78 is 20.1. The molecule has 0 spiro atoms. The first-order valence-corrected chi connectivity index (χ1v) is 13.0. The molecule has 1 aliphatic rings. The van der Waals surface area contributed by atoms with Gasteiger partial charge in [0.2, 0.25) is 0 Å². The predicted octanol–water partition coefficient (Wildman–Crippen LogP) is 5.36. The van der Waals surface area contributed by atoms with Gasteiger partial charge < -0.3 is 20.1 Å². The number of nitrogens with zero attached hydrogens (tertiary/aromatic N) is 2. The van der Waals surface area contributed by atoms with Crippen molar-refractivity contribution in [3.63, 3.8) is 0 Å². The number of rotatable bonds is 11. The Morgan fingerprint density at radius 1 is 0.973 bits per heavy atom. The van der Waals surface area contributed by atoms with Crippen molar-refractivity contribution in [3.8, 4) is 5.75 Å². The molecule has 0 amide bonds. The minimum absolute atomic E-state index is 0. The number of piperazine rings is 1. The lowest BCUT2D eigenvalue weighted by atomic mass is 10.1. The van der Waals surface area contributed by atoms with Crippen LogP contribution in [0.3, 0.4) is 0 Å². The fourth-order valence-corrected chi connectivity index (χ4v) is 4.69. The van der Waals surface area contributed by atoms with Gasteiger partial charge in [0.15, 0.2) is 0 Å². The van der Waals surface area contributed by atoms with Crippen molar-refractivity contribution in [2.45, 2.75) is 25.5 Å². The Hall–Kier alpha value is -2.35. The summed E-state index contributed by atoms with van der Waals surface area (Å²) in [5.74, 6) is 0.306. The molecule has 0 aliphatic carbocycles. The van der Waals surface area contributed by atoms with Gasteiger partial charge in [0, 0.05) is 56.6 Å². The van der Waals surface area contributed by atoms with E-state index >= 15 is 0 Å². The summed E-state index contributed by atoms with van der Waals surface area (Å²) in [6.45, 7) is 8.04. The van der Waals surface area contributed by atoms with Gasteiger partial charge in [-0.15, -0.1) is 12.4 Å². The van der Waals surface area contributed by atoms with Crippen LogP contribution in [0.4, 0.5) is 10.1 Å². The van der Waals surface area contributed by atoms with Crippen LogP contribution in [0.1, 0.15) is 24.2 Å². The Bertz CT molecular complexity index is 1080. The van der Waals surface area contributed by atoms with E-state index < -0.39 is 11.9 Å². The Morgan fingerprint density at radius 3 is 2.38 bits per heavy atom. The lowest BCUT2D eigenvalue weighted by Crippen LogP contribution is -2.47. The second-order valence-electron chi connectivity index (χ2n) is 9.33. The largest absolute Gasteiger partial charge is 0.492 e. The molecule has 2 unspecified atom stereocenters. The van der Waals surface area contributed by atoms with E-state index in [-0.39, 0.29) is 35.6 Å². The van der Waals surface area contributed by atoms with Gasteiger partial charge >= 0.3 is 0 Å². The van der Waals surface area contributed by atoms with E-state index in [0.29, 0.717) is 6.61 Å². The fraction of sp³-hybridized carbons (Fsp3) is 0.379. The molecule has 3 aromatic carbocycles. The Balaban J connectivity index is 0.00000380. The number of halogens is 3. The van der Waals surface area contributed by atoms with Gasteiger partial charge in [0.25, 0.3) is 0 Å². The highest BCUT2D eigenvalue weighted by atomic mass is 35.5. The Morgan fingerprint density at radius 2 is 1.68 bits per heavy atom. The summed E-state index contributed by atoms with van der Waals surface area (Å²) in [7, 11) is 0. The van der Waals surface area contributed by atoms with E-state index in [4.69, 9.17) is 16.3 Å². The molecular formula is C29H36Cl2FN3O2. The molecule has 3 aromatic rings. The third-order valence-electron chi connectivity index (χ3n) is 6.64. The minimum Gasteiger partial charge on any atom is -0.492 e. The van der Waals surface area contributed by atoms with E-state index in [0.717, 1.165) is 44.9 Å². The quantitative estimate of drug-likeness (QED) is 0.338. The molecule has 2 N–H and O–H groups in total. The van der Waals surface area contributed by atoms with E-state index in [1.807, 2.05) is 19.1 Å². The average Bonchev–Trinajstić information content (AvgIpc) is 2.91. The molecule has 200 valence electrons. The number of aliphatic hydroxyl groups excluding tert-OH is 1. The molecule has 37 heavy (non-hydrogen) atoms. The molecule has 8 heteroatoms. The van der Waals surface area contributed by atoms with Crippen molar-refractivity contribution in [2.75, 3.05) is 50.8 Å². The first-order chi connectivity index (χ1) is 17.5. The van der Waals surface area contributed by atoms with Crippen LogP contribution >= 0.6 is 24.0 Å². The lowest BCUT2D eigenvalue weighted by molar-refractivity contribution is 0.166. The van der Waals surface area contributed by atoms with E-state index in [1.165, 1.54) is 17.3 Å². The average molecular weight is 549 g/mol. The first kappa shape index (κ1) is 29.2. The van der Waals surface area contributed by atoms with Crippen molar-refractivity contribution in [3.05, 3.63) is 94.8 Å². The predicted molar refractivity (Wildman–Crippen MR) is 152 cm³/mol. The van der Waals surface area contributed by atoms with Crippen molar-refractivity contribution in [1.82, 2.24) is 10.2 Å². The molecule has 5 nitrogen and oxygen atoms in total. The van der Waals surface area contributed by atoms with Crippen molar-refractivity contribution in [1.29, 1.82) is 0 Å².